The van der Waals surface area contributed by atoms with Crippen LogP contribution in [-0.4, -0.2) is 10.1 Å². The van der Waals surface area contributed by atoms with Crippen molar-refractivity contribution in [2.24, 2.45) is 0 Å². The largest absolute Gasteiger partial charge is 0.508 e. The van der Waals surface area contributed by atoms with Gasteiger partial charge in [-0.15, -0.1) is 0 Å². The zero-order chi connectivity index (χ0) is 11.4. The minimum absolute atomic E-state index is 0.237. The molecular weight excluding hydrogens is 205 g/mol. The molecule has 3 heteroatoms. The molecule has 2 nitrogen and oxygen atoms in total. The number of pyridine rings is 1. The monoisotopic (exact) mass is 215 g/mol. The van der Waals surface area contributed by atoms with Crippen molar-refractivity contribution < 1.29 is 9.50 Å². The topological polar surface area (TPSA) is 33.1 Å². The number of phenols is 1. The van der Waals surface area contributed by atoms with E-state index >= 15 is 0 Å². The van der Waals surface area contributed by atoms with Crippen LogP contribution in [0.3, 0.4) is 0 Å². The number of aromatic nitrogens is 1. The number of phenolic OH excluding ortho intramolecular Hbond substituents is 1. The third kappa shape index (κ3) is 2.67. The van der Waals surface area contributed by atoms with E-state index in [1.54, 1.807) is 30.3 Å². The van der Waals surface area contributed by atoms with Gasteiger partial charge in [0, 0.05) is 6.20 Å². The van der Waals surface area contributed by atoms with Gasteiger partial charge < -0.3 is 5.11 Å². The lowest BCUT2D eigenvalue weighted by atomic mass is 10.1. The van der Waals surface area contributed by atoms with Gasteiger partial charge in [0.25, 0.3) is 0 Å². The maximum Gasteiger partial charge on any atom is 0.212 e. The maximum absolute atomic E-state index is 12.5. The van der Waals surface area contributed by atoms with Crippen molar-refractivity contribution in [2.75, 3.05) is 0 Å². The molecular formula is C13H10FNO. The molecule has 0 radical (unpaired) electrons. The summed E-state index contributed by atoms with van der Waals surface area (Å²) in [6, 6.07) is 9.78. The third-order valence-corrected chi connectivity index (χ3v) is 2.11. The summed E-state index contributed by atoms with van der Waals surface area (Å²) in [4.78, 5) is 3.55. The molecule has 16 heavy (non-hydrogen) atoms. The fourth-order valence-corrected chi connectivity index (χ4v) is 1.26. The van der Waals surface area contributed by atoms with Crippen molar-refractivity contribution in [1.82, 2.24) is 4.98 Å². The van der Waals surface area contributed by atoms with Crippen LogP contribution < -0.4 is 0 Å². The van der Waals surface area contributed by atoms with Crippen LogP contribution >= 0.6 is 0 Å². The Balaban J connectivity index is 2.15. The van der Waals surface area contributed by atoms with Crippen LogP contribution in [0.4, 0.5) is 4.39 Å². The first-order chi connectivity index (χ1) is 7.74. The Morgan fingerprint density at radius 2 is 1.56 bits per heavy atom. The highest BCUT2D eigenvalue weighted by molar-refractivity contribution is 5.69. The summed E-state index contributed by atoms with van der Waals surface area (Å²) in [6.45, 7) is 0. The molecule has 0 bridgehead atoms. The van der Waals surface area contributed by atoms with Gasteiger partial charge in [-0.2, -0.15) is 4.39 Å². The van der Waals surface area contributed by atoms with Crippen LogP contribution in [0, 0.1) is 5.95 Å². The summed E-state index contributed by atoms with van der Waals surface area (Å²) in [6.07, 6.45) is 5.17. The maximum atomic E-state index is 12.5. The van der Waals surface area contributed by atoms with E-state index in [2.05, 4.69) is 4.98 Å². The number of halogens is 1. The number of benzene rings is 1. The molecule has 0 saturated heterocycles. The first kappa shape index (κ1) is 10.4. The van der Waals surface area contributed by atoms with Crippen molar-refractivity contribution in [3.8, 4) is 5.75 Å². The molecule has 0 spiro atoms. The van der Waals surface area contributed by atoms with Crippen LogP contribution in [-0.2, 0) is 0 Å². The molecule has 0 aliphatic rings. The lowest BCUT2D eigenvalue weighted by molar-refractivity contribution is 0.475. The molecule has 0 aliphatic heterocycles. The second-order valence-electron chi connectivity index (χ2n) is 3.34. The van der Waals surface area contributed by atoms with Gasteiger partial charge in [0.15, 0.2) is 0 Å². The summed E-state index contributed by atoms with van der Waals surface area (Å²) in [7, 11) is 0. The Morgan fingerprint density at radius 3 is 2.19 bits per heavy atom. The predicted molar refractivity (Wildman–Crippen MR) is 61.2 cm³/mol. The van der Waals surface area contributed by atoms with Crippen LogP contribution in [0.5, 0.6) is 5.75 Å². The highest BCUT2D eigenvalue weighted by Gasteiger charge is 1.91. The van der Waals surface area contributed by atoms with Gasteiger partial charge >= 0.3 is 0 Å². The van der Waals surface area contributed by atoms with Gasteiger partial charge in [-0.1, -0.05) is 24.3 Å². The molecule has 1 aromatic carbocycles. The van der Waals surface area contributed by atoms with Crippen LogP contribution in [0.25, 0.3) is 12.2 Å². The number of rotatable bonds is 2. The molecule has 2 aromatic rings. The van der Waals surface area contributed by atoms with E-state index in [0.29, 0.717) is 0 Å². The Morgan fingerprint density at radius 1 is 0.938 bits per heavy atom. The van der Waals surface area contributed by atoms with Gasteiger partial charge in [0.05, 0.1) is 0 Å². The minimum atomic E-state index is -0.484. The summed E-state index contributed by atoms with van der Waals surface area (Å²) in [5.41, 5.74) is 1.79. The van der Waals surface area contributed by atoms with E-state index in [-0.39, 0.29) is 5.75 Å². The van der Waals surface area contributed by atoms with E-state index in [1.165, 1.54) is 12.3 Å². The molecule has 0 atom stereocenters. The van der Waals surface area contributed by atoms with Crippen molar-refractivity contribution in [3.05, 3.63) is 59.7 Å². The smallest absolute Gasteiger partial charge is 0.212 e. The van der Waals surface area contributed by atoms with Crippen molar-refractivity contribution in [3.63, 3.8) is 0 Å². The van der Waals surface area contributed by atoms with E-state index in [1.807, 2.05) is 12.2 Å². The summed E-state index contributed by atoms with van der Waals surface area (Å²) in [5, 5.41) is 9.10. The third-order valence-electron chi connectivity index (χ3n) is 2.11. The van der Waals surface area contributed by atoms with Crippen molar-refractivity contribution in [2.45, 2.75) is 0 Å². The zero-order valence-corrected chi connectivity index (χ0v) is 8.47. The molecule has 0 aliphatic carbocycles. The Hall–Kier alpha value is -2.16. The summed E-state index contributed by atoms with van der Waals surface area (Å²) < 4.78 is 12.5. The average Bonchev–Trinajstić information content (AvgIpc) is 2.30. The molecule has 1 N–H and O–H groups in total. The Bertz CT molecular complexity index is 441. The number of aromatic hydroxyl groups is 1. The number of hydrogen-bond donors (Lipinski definition) is 1. The summed E-state index contributed by atoms with van der Waals surface area (Å²) >= 11 is 0. The SMILES string of the molecule is Oc1ccc(/C=C/c2ccc(F)nc2)cc1. The average molecular weight is 215 g/mol. The molecule has 1 aromatic heterocycles. The molecule has 0 saturated carbocycles. The van der Waals surface area contributed by atoms with Crippen molar-refractivity contribution in [1.29, 1.82) is 0 Å². The van der Waals surface area contributed by atoms with Gasteiger partial charge in [-0.3, -0.25) is 0 Å². The van der Waals surface area contributed by atoms with E-state index in [9.17, 15) is 4.39 Å². The fraction of sp³-hybridized carbons (Fsp3) is 0. The Labute approximate surface area is 92.7 Å². The zero-order valence-electron chi connectivity index (χ0n) is 8.47. The first-order valence-electron chi connectivity index (χ1n) is 4.83. The quantitative estimate of drug-likeness (QED) is 0.781. The number of hydrogen-bond acceptors (Lipinski definition) is 2. The first-order valence-corrected chi connectivity index (χ1v) is 4.83. The molecule has 2 rings (SSSR count). The lowest BCUT2D eigenvalue weighted by Gasteiger charge is -1.95. The summed E-state index contributed by atoms with van der Waals surface area (Å²) in [5.74, 6) is -0.248. The van der Waals surface area contributed by atoms with Gasteiger partial charge in [-0.05, 0) is 35.4 Å². The van der Waals surface area contributed by atoms with E-state index in [4.69, 9.17) is 5.11 Å². The highest BCUT2D eigenvalue weighted by Crippen LogP contribution is 2.12. The van der Waals surface area contributed by atoms with E-state index in [0.717, 1.165) is 11.1 Å². The second-order valence-corrected chi connectivity index (χ2v) is 3.34. The van der Waals surface area contributed by atoms with Crippen LogP contribution in [0.15, 0.2) is 42.6 Å². The standard InChI is InChI=1S/C13H10FNO/c14-13-8-5-11(9-15-13)2-1-10-3-6-12(16)7-4-10/h1-9,16H/b2-1+. The second kappa shape index (κ2) is 4.57. The fourth-order valence-electron chi connectivity index (χ4n) is 1.26. The molecule has 1 heterocycles. The normalized spacial score (nSPS) is 10.8. The molecule has 0 amide bonds. The molecule has 0 unspecified atom stereocenters. The van der Waals surface area contributed by atoms with Gasteiger partial charge in [0.2, 0.25) is 5.95 Å². The molecule has 80 valence electrons. The van der Waals surface area contributed by atoms with Crippen LogP contribution in [0.1, 0.15) is 11.1 Å². The number of nitrogens with zero attached hydrogens (tertiary/aromatic N) is 1. The van der Waals surface area contributed by atoms with Gasteiger partial charge in [0.1, 0.15) is 5.75 Å². The molecule has 0 fully saturated rings. The predicted octanol–water partition coefficient (Wildman–Crippen LogP) is 3.10. The van der Waals surface area contributed by atoms with Crippen LogP contribution in [0.2, 0.25) is 0 Å². The van der Waals surface area contributed by atoms with E-state index < -0.39 is 5.95 Å². The highest BCUT2D eigenvalue weighted by atomic mass is 19.1. The minimum Gasteiger partial charge on any atom is -0.508 e. The Kier molecular flexibility index (Phi) is 2.96. The van der Waals surface area contributed by atoms with Gasteiger partial charge in [-0.25, -0.2) is 4.98 Å². The lowest BCUT2D eigenvalue weighted by Crippen LogP contribution is -1.81. The van der Waals surface area contributed by atoms with Crippen molar-refractivity contribution >= 4 is 12.2 Å².